The van der Waals surface area contributed by atoms with Crippen LogP contribution in [0.15, 0.2) is 79.5 Å². The van der Waals surface area contributed by atoms with Crippen LogP contribution in [0.25, 0.3) is 11.8 Å². The van der Waals surface area contributed by atoms with E-state index in [1.54, 1.807) is 0 Å². The number of ketones is 1. The van der Waals surface area contributed by atoms with Crippen molar-refractivity contribution in [2.75, 3.05) is 6.54 Å². The van der Waals surface area contributed by atoms with Gasteiger partial charge in [0.15, 0.2) is 0 Å². The molecule has 0 saturated heterocycles. The normalized spacial score (nSPS) is 10.8. The van der Waals surface area contributed by atoms with Gasteiger partial charge in [0.2, 0.25) is 5.78 Å². The summed E-state index contributed by atoms with van der Waals surface area (Å²) < 4.78 is 1.94. The number of aryl methyl sites for hydroxylation is 1. The van der Waals surface area contributed by atoms with Gasteiger partial charge in [0.25, 0.3) is 0 Å². The Balaban J connectivity index is 1.70. The molecule has 4 heteroatoms. The molecule has 3 aromatic rings. The maximum absolute atomic E-state index is 12.8. The van der Waals surface area contributed by atoms with E-state index >= 15 is 0 Å². The molecule has 0 fully saturated rings. The molecule has 0 aliphatic rings. The van der Waals surface area contributed by atoms with Crippen molar-refractivity contribution in [3.05, 3.63) is 107 Å². The van der Waals surface area contributed by atoms with Gasteiger partial charge in [-0.25, -0.2) is 0 Å². The van der Waals surface area contributed by atoms with Crippen molar-refractivity contribution in [3.63, 3.8) is 0 Å². The predicted molar refractivity (Wildman–Crippen MR) is 118 cm³/mol. The first-order valence-electron chi connectivity index (χ1n) is 9.48. The minimum Gasteiger partial charge on any atom is -0.378 e. The predicted octanol–water partition coefficient (Wildman–Crippen LogP) is 4.50. The van der Waals surface area contributed by atoms with Crippen LogP contribution in [0.4, 0.5) is 0 Å². The van der Waals surface area contributed by atoms with Crippen LogP contribution in [0, 0.1) is 6.92 Å². The number of rotatable bonds is 9. The second-order valence-corrected chi connectivity index (χ2v) is 6.79. The Hall–Kier alpha value is -3.66. The Morgan fingerprint density at radius 3 is 2.62 bits per heavy atom. The molecule has 0 bridgehead atoms. The zero-order valence-electron chi connectivity index (χ0n) is 16.5. The summed E-state index contributed by atoms with van der Waals surface area (Å²) >= 11 is 0. The van der Waals surface area contributed by atoms with Gasteiger partial charge in [0.05, 0.1) is 12.2 Å². The van der Waals surface area contributed by atoms with E-state index in [1.807, 2.05) is 90.5 Å². The lowest BCUT2D eigenvalue weighted by Gasteiger charge is -2.08. The number of aldehydes is 1. The minimum atomic E-state index is 0.0166. The smallest absolute Gasteiger partial charge is 0.209 e. The quantitative estimate of drug-likeness (QED) is 0.436. The lowest BCUT2D eigenvalue weighted by molar-refractivity contribution is -0.107. The highest BCUT2D eigenvalue weighted by Crippen LogP contribution is 2.15. The van der Waals surface area contributed by atoms with Gasteiger partial charge in [-0.3, -0.25) is 4.79 Å². The molecule has 0 aliphatic heterocycles. The number of hydrogen-bond acceptors (Lipinski definition) is 3. The van der Waals surface area contributed by atoms with Gasteiger partial charge in [-0.2, -0.15) is 0 Å². The minimum absolute atomic E-state index is 0.0166. The zero-order chi connectivity index (χ0) is 20.6. The first-order valence-corrected chi connectivity index (χ1v) is 9.48. The third-order valence-corrected chi connectivity index (χ3v) is 4.62. The first kappa shape index (κ1) is 20.1. The molecule has 2 aromatic carbocycles. The number of carbonyl (C=O) groups is 2. The Morgan fingerprint density at radius 2 is 1.86 bits per heavy atom. The molecule has 1 aromatic heterocycles. The number of aromatic nitrogens is 1. The van der Waals surface area contributed by atoms with Crippen molar-refractivity contribution in [2.45, 2.75) is 13.5 Å². The van der Waals surface area contributed by atoms with E-state index in [9.17, 15) is 9.59 Å². The number of benzene rings is 2. The molecule has 1 heterocycles. The van der Waals surface area contributed by atoms with Crippen LogP contribution in [0.1, 0.15) is 32.7 Å². The Labute approximate surface area is 171 Å². The molecular formula is C25H24N2O2. The van der Waals surface area contributed by atoms with Crippen LogP contribution in [-0.2, 0) is 11.3 Å². The van der Waals surface area contributed by atoms with Gasteiger partial charge in [0.1, 0.15) is 6.29 Å². The molecule has 29 heavy (non-hydrogen) atoms. The van der Waals surface area contributed by atoms with Crippen molar-refractivity contribution in [3.8, 4) is 0 Å². The van der Waals surface area contributed by atoms with Crippen LogP contribution < -0.4 is 5.32 Å². The topological polar surface area (TPSA) is 51.1 Å². The fraction of sp³-hybridized carbons (Fsp3) is 0.120. The molecule has 4 nitrogen and oxygen atoms in total. The Kier molecular flexibility index (Phi) is 6.59. The number of nitrogens with zero attached hydrogens (tertiary/aromatic N) is 1. The van der Waals surface area contributed by atoms with Gasteiger partial charge in [-0.15, -0.1) is 0 Å². The highest BCUT2D eigenvalue weighted by atomic mass is 16.1. The summed E-state index contributed by atoms with van der Waals surface area (Å²) in [7, 11) is 0. The van der Waals surface area contributed by atoms with E-state index in [4.69, 9.17) is 0 Å². The number of nitrogens with one attached hydrogen (secondary N) is 1. The molecular weight excluding hydrogens is 360 g/mol. The zero-order valence-corrected chi connectivity index (χ0v) is 16.5. The largest absolute Gasteiger partial charge is 0.378 e. The lowest BCUT2D eigenvalue weighted by Crippen LogP contribution is -2.13. The summed E-state index contributed by atoms with van der Waals surface area (Å²) in [5.74, 6) is 0.0166. The van der Waals surface area contributed by atoms with Gasteiger partial charge in [-0.1, -0.05) is 66.8 Å². The molecule has 0 amide bonds. The maximum Gasteiger partial charge on any atom is 0.209 e. The lowest BCUT2D eigenvalue weighted by atomic mass is 10.1. The second-order valence-electron chi connectivity index (χ2n) is 6.79. The fourth-order valence-electron chi connectivity index (χ4n) is 3.03. The number of carbonyl (C=O) groups excluding carboxylic acids is 2. The van der Waals surface area contributed by atoms with E-state index in [-0.39, 0.29) is 12.3 Å². The van der Waals surface area contributed by atoms with Gasteiger partial charge >= 0.3 is 0 Å². The third kappa shape index (κ3) is 5.20. The van der Waals surface area contributed by atoms with Crippen LogP contribution in [0.3, 0.4) is 0 Å². The molecule has 0 unspecified atom stereocenters. The van der Waals surface area contributed by atoms with Crippen molar-refractivity contribution in [2.24, 2.45) is 0 Å². The van der Waals surface area contributed by atoms with Crippen molar-refractivity contribution in [1.82, 2.24) is 9.88 Å². The highest BCUT2D eigenvalue weighted by Gasteiger charge is 2.12. The molecule has 1 N–H and O–H groups in total. The maximum atomic E-state index is 12.8. The summed E-state index contributed by atoms with van der Waals surface area (Å²) in [5, 5.41) is 2.96. The fourth-order valence-corrected chi connectivity index (χ4v) is 3.03. The van der Waals surface area contributed by atoms with Crippen LogP contribution in [-0.4, -0.2) is 23.2 Å². The van der Waals surface area contributed by atoms with Crippen molar-refractivity contribution >= 4 is 23.8 Å². The summed E-state index contributed by atoms with van der Waals surface area (Å²) in [4.78, 5) is 23.3. The standard InChI is InChI=1S/C25H24N2O2/c1-19-10-12-22(13-11-19)25(29)24-9-5-16-27(24)15-4-7-21-6-3-8-23(18-21)20(2)26-14-17-28/h3-13,16-18,26H,2,14-15H2,1H3/b7-4+. The number of allylic oxidation sites excluding steroid dienone is 1. The van der Waals surface area contributed by atoms with Gasteiger partial charge in [-0.05, 0) is 36.2 Å². The third-order valence-electron chi connectivity index (χ3n) is 4.62. The second kappa shape index (κ2) is 9.51. The van der Waals surface area contributed by atoms with E-state index in [1.165, 1.54) is 0 Å². The molecule has 3 rings (SSSR count). The molecule has 0 spiro atoms. The molecule has 0 aliphatic carbocycles. The number of hydrogen-bond donors (Lipinski definition) is 1. The van der Waals surface area contributed by atoms with Gasteiger partial charge < -0.3 is 14.7 Å². The highest BCUT2D eigenvalue weighted by molar-refractivity contribution is 6.08. The first-order chi connectivity index (χ1) is 14.1. The van der Waals surface area contributed by atoms with E-state index < -0.39 is 0 Å². The van der Waals surface area contributed by atoms with Crippen molar-refractivity contribution in [1.29, 1.82) is 0 Å². The molecule has 146 valence electrons. The molecule has 0 atom stereocenters. The van der Waals surface area contributed by atoms with Crippen molar-refractivity contribution < 1.29 is 9.59 Å². The van der Waals surface area contributed by atoms with Crippen LogP contribution >= 0.6 is 0 Å². The van der Waals surface area contributed by atoms with E-state index in [2.05, 4.69) is 11.9 Å². The van der Waals surface area contributed by atoms with E-state index in [0.29, 0.717) is 23.5 Å². The van der Waals surface area contributed by atoms with E-state index in [0.717, 1.165) is 23.0 Å². The summed E-state index contributed by atoms with van der Waals surface area (Å²) in [6.07, 6.45) is 6.75. The molecule has 0 radical (unpaired) electrons. The summed E-state index contributed by atoms with van der Waals surface area (Å²) in [6, 6.07) is 19.3. The SMILES string of the molecule is C=C(NCC=O)c1cccc(/C=C/Cn2cccc2C(=O)c2ccc(C)cc2)c1. The monoisotopic (exact) mass is 384 g/mol. The van der Waals surface area contributed by atoms with Crippen LogP contribution in [0.2, 0.25) is 0 Å². The Bertz CT molecular complexity index is 1040. The van der Waals surface area contributed by atoms with Crippen LogP contribution in [0.5, 0.6) is 0 Å². The van der Waals surface area contributed by atoms with Gasteiger partial charge in [0, 0.05) is 24.0 Å². The summed E-state index contributed by atoms with van der Waals surface area (Å²) in [5.41, 5.74) is 5.16. The summed E-state index contributed by atoms with van der Waals surface area (Å²) in [6.45, 7) is 6.79. The molecule has 0 saturated carbocycles. The Morgan fingerprint density at radius 1 is 1.07 bits per heavy atom. The average molecular weight is 384 g/mol. The average Bonchev–Trinajstić information content (AvgIpc) is 3.21.